The number of primary amides is 1. The van der Waals surface area contributed by atoms with Crippen molar-refractivity contribution in [1.29, 1.82) is 0 Å². The molecule has 2 atom stereocenters. The van der Waals surface area contributed by atoms with Gasteiger partial charge < -0.3 is 15.8 Å². The van der Waals surface area contributed by atoms with E-state index in [4.69, 9.17) is 22.1 Å². The largest absolute Gasteiger partial charge is 0.494 e. The number of hydrogen-bond donors (Lipinski definition) is 2. The van der Waals surface area contributed by atoms with Crippen LogP contribution < -0.4 is 20.7 Å². The van der Waals surface area contributed by atoms with Gasteiger partial charge in [0.15, 0.2) is 11.6 Å². The molecule has 1 saturated heterocycles. The Labute approximate surface area is 205 Å². The average Bonchev–Trinajstić information content (AvgIpc) is 3.36. The molecule has 174 valence electrons. The first-order valence-corrected chi connectivity index (χ1v) is 12.0. The lowest BCUT2D eigenvalue weighted by atomic mass is 10.1. The number of urea groups is 1. The molecule has 3 aromatic rings. The predicted octanol–water partition coefficient (Wildman–Crippen LogP) is 4.09. The van der Waals surface area contributed by atoms with Crippen LogP contribution in [0.5, 0.6) is 5.75 Å². The lowest BCUT2D eigenvalue weighted by molar-refractivity contribution is -0.118. The molecule has 3 N–H and O–H groups in total. The Bertz CT molecular complexity index is 1440. The van der Waals surface area contributed by atoms with E-state index in [0.29, 0.717) is 31.0 Å². The van der Waals surface area contributed by atoms with Gasteiger partial charge in [0.05, 0.1) is 39.6 Å². The minimum absolute atomic E-state index is 0.0173. The number of imide groups is 1. The molecule has 0 radical (unpaired) electrons. The fraction of sp³-hybridized carbons (Fsp3) is 0.182. The zero-order chi connectivity index (χ0) is 24.3. The maximum Gasteiger partial charge on any atom is 0.329 e. The van der Waals surface area contributed by atoms with Crippen LogP contribution in [0.2, 0.25) is 5.02 Å². The molecule has 12 heteroatoms. The fourth-order valence-corrected chi connectivity index (χ4v) is 6.75. The lowest BCUT2D eigenvalue weighted by Gasteiger charge is -2.33. The Balaban J connectivity index is 1.53. The third kappa shape index (κ3) is 3.42. The number of carbonyl (C=O) groups is 3. The molecule has 2 unspecified atom stereocenters. The van der Waals surface area contributed by atoms with Gasteiger partial charge in [0.25, 0.3) is 11.8 Å². The van der Waals surface area contributed by atoms with Gasteiger partial charge in [-0.05, 0) is 30.7 Å². The summed E-state index contributed by atoms with van der Waals surface area (Å²) in [6, 6.07) is 1.41. The summed E-state index contributed by atoms with van der Waals surface area (Å²) in [6.45, 7) is 1.71. The number of aryl methyl sites for hydroxylation is 1. The lowest BCUT2D eigenvalue weighted by Crippen LogP contribution is -2.60. The second-order valence-electron chi connectivity index (χ2n) is 7.64. The fourth-order valence-electron chi connectivity index (χ4n) is 4.10. The van der Waals surface area contributed by atoms with Crippen molar-refractivity contribution in [3.05, 3.63) is 57.4 Å². The second-order valence-corrected chi connectivity index (χ2v) is 10.3. The first-order valence-electron chi connectivity index (χ1n) is 9.94. The van der Waals surface area contributed by atoms with E-state index in [1.54, 1.807) is 19.2 Å². The van der Waals surface area contributed by atoms with Gasteiger partial charge in [-0.25, -0.2) is 14.1 Å². The molecular weight excluding hydrogens is 503 g/mol. The van der Waals surface area contributed by atoms with Crippen LogP contribution in [-0.4, -0.2) is 41.2 Å². The summed E-state index contributed by atoms with van der Waals surface area (Å²) in [4.78, 5) is 44.5. The molecule has 4 heterocycles. The zero-order valence-corrected chi connectivity index (χ0v) is 20.1. The van der Waals surface area contributed by atoms with Gasteiger partial charge >= 0.3 is 6.03 Å². The number of pyridine rings is 1. The monoisotopic (exact) mass is 518 g/mol. The molecule has 4 amide bonds. The molecule has 2 aliphatic rings. The highest BCUT2D eigenvalue weighted by Gasteiger charge is 2.46. The minimum atomic E-state index is -0.676. The van der Waals surface area contributed by atoms with E-state index in [0.717, 1.165) is 22.3 Å². The SMILES string of the molecule is COc1cc(C2=CC3NC(=O)N(c4cncc5sc(C(N)=O)c(C)c45)C(=O)C3S2)c(Cl)cc1F. The third-order valence-electron chi connectivity index (χ3n) is 5.66. The van der Waals surface area contributed by atoms with E-state index in [1.807, 2.05) is 0 Å². The van der Waals surface area contributed by atoms with Crippen LogP contribution in [-0.2, 0) is 4.79 Å². The highest BCUT2D eigenvalue weighted by Crippen LogP contribution is 2.46. The first kappa shape index (κ1) is 22.6. The standard InChI is InChI=1S/C22H16ClFN4O4S2/c1-8-17-13(6-26-7-16(17)34-18(8)20(25)29)28-21(30)19-12(27-22(28)31)5-15(33-19)9-3-14(32-2)11(24)4-10(9)23/h3-7,12,19H,1-2H3,(H2,25,29)(H,27,31). The van der Waals surface area contributed by atoms with E-state index < -0.39 is 35.0 Å². The summed E-state index contributed by atoms with van der Waals surface area (Å²) in [6.07, 6.45) is 4.70. The van der Waals surface area contributed by atoms with Crippen molar-refractivity contribution in [2.75, 3.05) is 12.0 Å². The van der Waals surface area contributed by atoms with Crippen molar-refractivity contribution < 1.29 is 23.5 Å². The molecule has 5 rings (SSSR count). The van der Waals surface area contributed by atoms with E-state index in [2.05, 4.69) is 10.3 Å². The van der Waals surface area contributed by atoms with E-state index in [1.165, 1.54) is 31.1 Å². The van der Waals surface area contributed by atoms with Crippen molar-refractivity contribution in [1.82, 2.24) is 10.3 Å². The average molecular weight is 519 g/mol. The van der Waals surface area contributed by atoms with Gasteiger partial charge in [-0.1, -0.05) is 11.6 Å². The van der Waals surface area contributed by atoms with Crippen LogP contribution in [0.1, 0.15) is 20.8 Å². The summed E-state index contributed by atoms with van der Waals surface area (Å²) in [5, 5.41) is 2.89. The van der Waals surface area contributed by atoms with Gasteiger partial charge in [0.1, 0.15) is 5.25 Å². The van der Waals surface area contributed by atoms with Crippen molar-refractivity contribution in [3.63, 3.8) is 0 Å². The number of nitrogens with one attached hydrogen (secondary N) is 1. The number of nitrogens with zero attached hydrogens (tertiary/aromatic N) is 2. The molecule has 1 aromatic carbocycles. The number of halogens is 2. The maximum absolute atomic E-state index is 14.0. The summed E-state index contributed by atoms with van der Waals surface area (Å²) >= 11 is 8.63. The van der Waals surface area contributed by atoms with Crippen LogP contribution in [0.4, 0.5) is 14.9 Å². The van der Waals surface area contributed by atoms with Crippen LogP contribution in [0, 0.1) is 12.7 Å². The Morgan fingerprint density at radius 1 is 1.32 bits per heavy atom. The summed E-state index contributed by atoms with van der Waals surface area (Å²) in [5.74, 6) is -1.62. The van der Waals surface area contributed by atoms with Crippen LogP contribution >= 0.6 is 34.7 Å². The van der Waals surface area contributed by atoms with Crippen molar-refractivity contribution >= 4 is 73.2 Å². The maximum atomic E-state index is 14.0. The number of fused-ring (bicyclic) bond motifs is 2. The minimum Gasteiger partial charge on any atom is -0.494 e. The molecule has 0 saturated carbocycles. The van der Waals surface area contributed by atoms with E-state index >= 15 is 0 Å². The van der Waals surface area contributed by atoms with Gasteiger partial charge in [-0.3, -0.25) is 14.6 Å². The van der Waals surface area contributed by atoms with Gasteiger partial charge in [0.2, 0.25) is 0 Å². The summed E-state index contributed by atoms with van der Waals surface area (Å²) in [7, 11) is 1.35. The number of ether oxygens (including phenoxy) is 1. The quantitative estimate of drug-likeness (QED) is 0.537. The predicted molar refractivity (Wildman–Crippen MR) is 130 cm³/mol. The molecule has 8 nitrogen and oxygen atoms in total. The molecule has 1 fully saturated rings. The van der Waals surface area contributed by atoms with E-state index in [9.17, 15) is 18.8 Å². The number of benzene rings is 1. The Morgan fingerprint density at radius 3 is 2.79 bits per heavy atom. The number of aromatic nitrogens is 1. The topological polar surface area (TPSA) is 115 Å². The van der Waals surface area contributed by atoms with Crippen molar-refractivity contribution in [2.45, 2.75) is 18.2 Å². The van der Waals surface area contributed by atoms with Gasteiger partial charge in [-0.2, -0.15) is 0 Å². The third-order valence-corrected chi connectivity index (χ3v) is 8.57. The number of hydrogen-bond acceptors (Lipinski definition) is 7. The summed E-state index contributed by atoms with van der Waals surface area (Å²) in [5.41, 5.74) is 6.83. The Morgan fingerprint density at radius 2 is 2.09 bits per heavy atom. The summed E-state index contributed by atoms with van der Waals surface area (Å²) < 4.78 is 19.7. The van der Waals surface area contributed by atoms with Crippen LogP contribution in [0.15, 0.2) is 30.6 Å². The molecular formula is C22H16ClFN4O4S2. The molecule has 34 heavy (non-hydrogen) atoms. The number of methoxy groups -OCH3 is 1. The molecule has 0 bridgehead atoms. The number of rotatable bonds is 4. The van der Waals surface area contributed by atoms with Crippen molar-refractivity contribution in [2.24, 2.45) is 5.73 Å². The second kappa shape index (κ2) is 8.26. The number of thioether (sulfide) groups is 1. The number of thiophene rings is 1. The normalized spacial score (nSPS) is 19.8. The molecule has 2 aliphatic heterocycles. The number of nitrogens with two attached hydrogens (primary N) is 1. The van der Waals surface area contributed by atoms with Crippen molar-refractivity contribution in [3.8, 4) is 5.75 Å². The Hall–Kier alpha value is -3.15. The highest BCUT2D eigenvalue weighted by atomic mass is 35.5. The smallest absolute Gasteiger partial charge is 0.329 e. The van der Waals surface area contributed by atoms with Gasteiger partial charge in [0, 0.05) is 22.1 Å². The number of anilines is 1. The highest BCUT2D eigenvalue weighted by molar-refractivity contribution is 8.09. The number of carbonyl (C=O) groups excluding carboxylic acids is 3. The van der Waals surface area contributed by atoms with Gasteiger partial charge in [-0.15, -0.1) is 23.1 Å². The zero-order valence-electron chi connectivity index (χ0n) is 17.7. The molecule has 2 aromatic heterocycles. The van der Waals surface area contributed by atoms with Crippen LogP contribution in [0.25, 0.3) is 15.0 Å². The van der Waals surface area contributed by atoms with Crippen LogP contribution in [0.3, 0.4) is 0 Å². The molecule has 0 aliphatic carbocycles. The molecule has 0 spiro atoms. The number of amides is 4. The van der Waals surface area contributed by atoms with E-state index in [-0.39, 0.29) is 16.5 Å². The first-order chi connectivity index (χ1) is 16.2. The Kier molecular flexibility index (Phi) is 5.50.